The molecule has 0 radical (unpaired) electrons. The van der Waals surface area contributed by atoms with Crippen LogP contribution < -0.4 is 0 Å². The van der Waals surface area contributed by atoms with Gasteiger partial charge in [0.05, 0.1) is 12.1 Å². The van der Waals surface area contributed by atoms with Crippen molar-refractivity contribution in [1.82, 2.24) is 5.01 Å². The number of nitrogens with zero attached hydrogens (tertiary/aromatic N) is 7. The Kier molecular flexibility index (Phi) is 11.3. The standard InChI is InChI=1S/C8H13N3O.C7H11NO.C3H9N3Si/c12-8-6-9-10-11(8)7-4-2-1-3-5-7;9-6-8-7-4-2-1-3-5-7;1-7(2,3)6-5-4/h7H,1-6H2;7H,1-5H2;1-3H3. The van der Waals surface area contributed by atoms with Crippen LogP contribution in [0.15, 0.2) is 20.1 Å². The summed E-state index contributed by atoms with van der Waals surface area (Å²) in [4.78, 5) is 27.4. The lowest BCUT2D eigenvalue weighted by atomic mass is 9.95. The first-order valence-corrected chi connectivity index (χ1v) is 13.6. The van der Waals surface area contributed by atoms with Crippen LogP contribution in [0.1, 0.15) is 64.2 Å². The van der Waals surface area contributed by atoms with Crippen LogP contribution >= 0.6 is 0 Å². The molecule has 0 aromatic rings. The Labute approximate surface area is 168 Å². The molecule has 0 N–H and O–H groups in total. The minimum absolute atomic E-state index is 0.0712. The van der Waals surface area contributed by atoms with Gasteiger partial charge in [-0.1, -0.05) is 63.4 Å². The van der Waals surface area contributed by atoms with E-state index in [2.05, 4.69) is 25.0 Å². The summed E-state index contributed by atoms with van der Waals surface area (Å²) in [5.74, 6) is 0.0712. The van der Waals surface area contributed by atoms with E-state index in [4.69, 9.17) is 5.53 Å². The van der Waals surface area contributed by atoms with Gasteiger partial charge in [-0.05, 0) is 36.1 Å². The molecule has 1 heterocycles. The molecule has 1 aliphatic heterocycles. The minimum atomic E-state index is -1.45. The largest absolute Gasteiger partial charge is 0.271 e. The van der Waals surface area contributed by atoms with Crippen molar-refractivity contribution in [3.63, 3.8) is 0 Å². The van der Waals surface area contributed by atoms with E-state index in [0.29, 0.717) is 12.1 Å². The summed E-state index contributed by atoms with van der Waals surface area (Å²) in [5, 5.41) is 9.15. The van der Waals surface area contributed by atoms with Crippen molar-refractivity contribution in [1.29, 1.82) is 0 Å². The maximum Gasteiger partial charge on any atom is 0.267 e. The molecule has 10 heteroatoms. The maximum absolute atomic E-state index is 11.2. The third kappa shape index (κ3) is 10.3. The zero-order valence-corrected chi connectivity index (χ0v) is 18.4. The van der Waals surface area contributed by atoms with Crippen LogP contribution in [-0.2, 0) is 9.59 Å². The molecular formula is C18H33N7O2Si. The summed E-state index contributed by atoms with van der Waals surface area (Å²) in [6.07, 6.45) is 13.5. The number of isocyanates is 1. The highest BCUT2D eigenvalue weighted by Crippen LogP contribution is 2.24. The number of rotatable bonds is 3. The first kappa shape index (κ1) is 24.0. The second kappa shape index (κ2) is 13.2. The average Bonchev–Trinajstić information content (AvgIpc) is 3.10. The van der Waals surface area contributed by atoms with Crippen molar-refractivity contribution in [2.75, 3.05) is 6.54 Å². The fraction of sp³-hybridized carbons (Fsp3) is 0.889. The summed E-state index contributed by atoms with van der Waals surface area (Å²) in [6.45, 7) is 6.24. The van der Waals surface area contributed by atoms with Gasteiger partial charge >= 0.3 is 0 Å². The predicted octanol–water partition coefficient (Wildman–Crippen LogP) is 5.32. The van der Waals surface area contributed by atoms with Gasteiger partial charge in [-0.25, -0.2) is 14.8 Å². The molecule has 0 atom stereocenters. The van der Waals surface area contributed by atoms with Gasteiger partial charge in [0.25, 0.3) is 5.91 Å². The van der Waals surface area contributed by atoms with Gasteiger partial charge in [-0.15, -0.1) is 4.78 Å². The van der Waals surface area contributed by atoms with E-state index in [1.54, 1.807) is 11.1 Å². The summed E-state index contributed by atoms with van der Waals surface area (Å²) in [7, 11) is -1.45. The van der Waals surface area contributed by atoms with Crippen molar-refractivity contribution >= 4 is 20.2 Å². The van der Waals surface area contributed by atoms with Gasteiger partial charge in [0.2, 0.25) is 6.08 Å². The summed E-state index contributed by atoms with van der Waals surface area (Å²) >= 11 is 0. The van der Waals surface area contributed by atoms with Crippen LogP contribution in [-0.4, -0.2) is 43.9 Å². The molecule has 2 aliphatic carbocycles. The fourth-order valence-electron chi connectivity index (χ4n) is 3.30. The highest BCUT2D eigenvalue weighted by molar-refractivity contribution is 6.74. The van der Waals surface area contributed by atoms with Gasteiger partial charge in [-0.3, -0.25) is 4.79 Å². The maximum atomic E-state index is 11.2. The Bertz CT molecular complexity index is 596. The average molecular weight is 408 g/mol. The monoisotopic (exact) mass is 407 g/mol. The topological polar surface area (TPSA) is 123 Å². The van der Waals surface area contributed by atoms with Crippen LogP contribution in [0.25, 0.3) is 10.4 Å². The molecule has 156 valence electrons. The van der Waals surface area contributed by atoms with Crippen molar-refractivity contribution in [3.8, 4) is 0 Å². The minimum Gasteiger partial charge on any atom is -0.271 e. The van der Waals surface area contributed by atoms with E-state index in [1.807, 2.05) is 19.6 Å². The molecule has 1 amide bonds. The zero-order chi connectivity index (χ0) is 20.8. The molecule has 0 unspecified atom stereocenters. The van der Waals surface area contributed by atoms with E-state index in [-0.39, 0.29) is 12.5 Å². The van der Waals surface area contributed by atoms with Crippen molar-refractivity contribution in [2.24, 2.45) is 20.1 Å². The van der Waals surface area contributed by atoms with Crippen LogP contribution in [0, 0.1) is 0 Å². The van der Waals surface area contributed by atoms with Crippen LogP contribution in [0.2, 0.25) is 19.6 Å². The molecule has 0 aromatic carbocycles. The third-order valence-electron chi connectivity index (χ3n) is 4.70. The van der Waals surface area contributed by atoms with Gasteiger partial charge < -0.3 is 0 Å². The Hall–Kier alpha value is -2.02. The summed E-state index contributed by atoms with van der Waals surface area (Å²) in [6, 6.07) is 0.647. The number of hydrogen-bond donors (Lipinski definition) is 0. The number of azide groups is 1. The summed E-state index contributed by atoms with van der Waals surface area (Å²) < 4.78 is 3.58. The lowest BCUT2D eigenvalue weighted by Crippen LogP contribution is -2.35. The molecule has 3 aliphatic rings. The predicted molar refractivity (Wildman–Crippen MR) is 111 cm³/mol. The second-order valence-electron chi connectivity index (χ2n) is 8.29. The highest BCUT2D eigenvalue weighted by atomic mass is 28.3. The van der Waals surface area contributed by atoms with Crippen molar-refractivity contribution in [2.45, 2.75) is 95.9 Å². The molecule has 2 saturated carbocycles. The SMILES string of the molecule is C[Si](C)(C)N=[N+]=[N-].O=C1CN=NN1C1CCCCC1.O=C=NC1CCCCC1. The quantitative estimate of drug-likeness (QED) is 0.157. The van der Waals surface area contributed by atoms with Crippen LogP contribution in [0.4, 0.5) is 0 Å². The van der Waals surface area contributed by atoms with Gasteiger partial charge in [-0.2, -0.15) is 5.11 Å². The zero-order valence-electron chi connectivity index (χ0n) is 17.4. The number of carbonyl (C=O) groups is 1. The molecule has 0 bridgehead atoms. The Morgan fingerprint density at radius 1 is 1.07 bits per heavy atom. The van der Waals surface area contributed by atoms with Gasteiger partial charge in [0, 0.05) is 0 Å². The van der Waals surface area contributed by atoms with E-state index in [0.717, 1.165) is 25.7 Å². The van der Waals surface area contributed by atoms with Gasteiger partial charge in [0.1, 0.15) is 14.8 Å². The van der Waals surface area contributed by atoms with E-state index < -0.39 is 8.24 Å². The number of hydrogen-bond acceptors (Lipinski definition) is 6. The lowest BCUT2D eigenvalue weighted by molar-refractivity contribution is -0.130. The first-order valence-electron chi connectivity index (χ1n) is 10.2. The number of aliphatic imine (C=N–C) groups is 1. The molecule has 0 spiro atoms. The van der Waals surface area contributed by atoms with Gasteiger partial charge in [0.15, 0.2) is 0 Å². The lowest BCUT2D eigenvalue weighted by Gasteiger charge is -2.26. The van der Waals surface area contributed by atoms with Crippen molar-refractivity contribution in [3.05, 3.63) is 10.4 Å². The smallest absolute Gasteiger partial charge is 0.267 e. The molecule has 2 fully saturated rings. The Morgan fingerprint density at radius 3 is 2.04 bits per heavy atom. The Balaban J connectivity index is 0.000000220. The molecular weight excluding hydrogens is 374 g/mol. The molecule has 0 aromatic heterocycles. The molecule has 9 nitrogen and oxygen atoms in total. The third-order valence-corrected chi connectivity index (χ3v) is 5.39. The van der Waals surface area contributed by atoms with E-state index in [1.165, 1.54) is 38.5 Å². The normalized spacial score (nSPS) is 20.1. The molecule has 0 saturated heterocycles. The van der Waals surface area contributed by atoms with Crippen LogP contribution in [0.5, 0.6) is 0 Å². The molecule has 28 heavy (non-hydrogen) atoms. The number of amides is 1. The Morgan fingerprint density at radius 2 is 1.64 bits per heavy atom. The van der Waals surface area contributed by atoms with Crippen LogP contribution in [0.3, 0.4) is 0 Å². The number of carbonyl (C=O) groups excluding carboxylic acids is 2. The highest BCUT2D eigenvalue weighted by Gasteiger charge is 2.28. The fourth-order valence-corrected chi connectivity index (χ4v) is 3.57. The van der Waals surface area contributed by atoms with Crippen molar-refractivity contribution < 1.29 is 9.59 Å². The molecule has 3 rings (SSSR count). The van der Waals surface area contributed by atoms with E-state index >= 15 is 0 Å². The van der Waals surface area contributed by atoms with E-state index in [9.17, 15) is 9.59 Å². The first-order chi connectivity index (χ1) is 13.4. The summed E-state index contributed by atoms with van der Waals surface area (Å²) in [5.41, 5.74) is 7.89. The second-order valence-corrected chi connectivity index (χ2v) is 12.8.